The Kier molecular flexibility index (Phi) is 8.73. The van der Waals surface area contributed by atoms with Gasteiger partial charge in [-0.2, -0.15) is 0 Å². The lowest BCUT2D eigenvalue weighted by Gasteiger charge is -2.45. The molecule has 2 aromatic rings. The standard InChI is InChI=1S/C25H31FN2O6/c1-16(2)13-21-24(30)28(34-15-32-3)25(31)22(23(29)18-7-9-19(26)10-8-18)27(21)14-17-5-11-20(33-4)12-6-17/h5-12,16,21-23,29H,13-15H2,1-4H3/t21-,22-,23+/m0/s1. The van der Waals surface area contributed by atoms with E-state index in [1.165, 1.54) is 31.4 Å². The number of carbonyl (C=O) groups excluding carboxylic acids is 2. The Morgan fingerprint density at radius 3 is 2.21 bits per heavy atom. The quantitative estimate of drug-likeness (QED) is 0.418. The van der Waals surface area contributed by atoms with E-state index < -0.39 is 35.8 Å². The molecule has 184 valence electrons. The second-order valence-electron chi connectivity index (χ2n) is 8.61. The first kappa shape index (κ1) is 25.8. The Balaban J connectivity index is 2.04. The van der Waals surface area contributed by atoms with Crippen LogP contribution < -0.4 is 4.74 Å². The van der Waals surface area contributed by atoms with Gasteiger partial charge >= 0.3 is 0 Å². The van der Waals surface area contributed by atoms with Crippen molar-refractivity contribution in [1.29, 1.82) is 0 Å². The third-order valence-corrected chi connectivity index (χ3v) is 5.73. The van der Waals surface area contributed by atoms with E-state index in [-0.39, 0.29) is 19.3 Å². The number of methoxy groups -OCH3 is 2. The maximum absolute atomic E-state index is 13.5. The molecule has 1 N–H and O–H groups in total. The van der Waals surface area contributed by atoms with E-state index in [4.69, 9.17) is 14.3 Å². The molecule has 1 aliphatic rings. The van der Waals surface area contributed by atoms with Crippen LogP contribution in [0, 0.1) is 11.7 Å². The van der Waals surface area contributed by atoms with Gasteiger partial charge in [0.15, 0.2) is 6.79 Å². The van der Waals surface area contributed by atoms with E-state index in [2.05, 4.69) is 0 Å². The predicted molar refractivity (Wildman–Crippen MR) is 122 cm³/mol. The molecule has 1 saturated heterocycles. The fourth-order valence-corrected chi connectivity index (χ4v) is 4.07. The van der Waals surface area contributed by atoms with Gasteiger partial charge in [-0.1, -0.05) is 38.1 Å². The number of hydroxylamine groups is 2. The number of rotatable bonds is 10. The summed E-state index contributed by atoms with van der Waals surface area (Å²) in [5, 5.41) is 12.0. The molecule has 0 aromatic heterocycles. The first-order valence-corrected chi connectivity index (χ1v) is 11.1. The van der Waals surface area contributed by atoms with Crippen molar-refractivity contribution in [2.45, 2.75) is 45.0 Å². The fraction of sp³-hybridized carbons (Fsp3) is 0.440. The smallest absolute Gasteiger partial charge is 0.274 e. The highest BCUT2D eigenvalue weighted by molar-refractivity contribution is 6.02. The summed E-state index contributed by atoms with van der Waals surface area (Å²) >= 11 is 0. The molecule has 0 radical (unpaired) electrons. The van der Waals surface area contributed by atoms with Gasteiger partial charge in [0, 0.05) is 13.7 Å². The molecule has 3 atom stereocenters. The van der Waals surface area contributed by atoms with Crippen molar-refractivity contribution in [3.8, 4) is 5.75 Å². The summed E-state index contributed by atoms with van der Waals surface area (Å²) in [5.41, 5.74) is 1.18. The maximum atomic E-state index is 13.5. The van der Waals surface area contributed by atoms with Crippen LogP contribution in [0.25, 0.3) is 0 Å². The molecule has 0 bridgehead atoms. The summed E-state index contributed by atoms with van der Waals surface area (Å²) in [5.74, 6) is -0.901. The third kappa shape index (κ3) is 5.79. The van der Waals surface area contributed by atoms with Crippen molar-refractivity contribution < 1.29 is 33.4 Å². The van der Waals surface area contributed by atoms with Crippen molar-refractivity contribution >= 4 is 11.8 Å². The first-order valence-electron chi connectivity index (χ1n) is 11.1. The number of imide groups is 1. The molecule has 3 rings (SSSR count). The molecule has 0 spiro atoms. The minimum atomic E-state index is -1.33. The number of hydrogen-bond acceptors (Lipinski definition) is 7. The molecule has 8 nitrogen and oxygen atoms in total. The molecule has 2 amide bonds. The van der Waals surface area contributed by atoms with Crippen LogP contribution in [0.5, 0.6) is 5.75 Å². The summed E-state index contributed by atoms with van der Waals surface area (Å²) in [6.45, 7) is 3.87. The van der Waals surface area contributed by atoms with Crippen molar-refractivity contribution in [2.24, 2.45) is 5.92 Å². The highest BCUT2D eigenvalue weighted by atomic mass is 19.1. The second kappa shape index (κ2) is 11.5. The van der Waals surface area contributed by atoms with Crippen LogP contribution in [0.15, 0.2) is 48.5 Å². The average molecular weight is 475 g/mol. The zero-order valence-corrected chi connectivity index (χ0v) is 19.8. The number of ether oxygens (including phenoxy) is 2. The van der Waals surface area contributed by atoms with Gasteiger partial charge in [0.1, 0.15) is 23.7 Å². The number of piperazine rings is 1. The SMILES string of the molecule is COCON1C(=O)[C@H]([C@H](O)c2ccc(F)cc2)N(Cc2ccc(OC)cc2)[C@@H](CC(C)C)C1=O. The number of aliphatic hydroxyl groups excluding tert-OH is 1. The molecule has 0 unspecified atom stereocenters. The minimum Gasteiger partial charge on any atom is -0.497 e. The predicted octanol–water partition coefficient (Wildman–Crippen LogP) is 3.06. The molecule has 1 heterocycles. The van der Waals surface area contributed by atoms with Gasteiger partial charge in [-0.3, -0.25) is 14.5 Å². The summed E-state index contributed by atoms with van der Waals surface area (Å²) < 4.78 is 23.6. The molecule has 0 aliphatic carbocycles. The highest BCUT2D eigenvalue weighted by Gasteiger charge is 2.50. The molecule has 1 fully saturated rings. The summed E-state index contributed by atoms with van der Waals surface area (Å²) in [4.78, 5) is 33.9. The van der Waals surface area contributed by atoms with E-state index in [1.54, 1.807) is 24.1 Å². The largest absolute Gasteiger partial charge is 0.497 e. The lowest BCUT2D eigenvalue weighted by Crippen LogP contribution is -2.66. The molecule has 1 aliphatic heterocycles. The Morgan fingerprint density at radius 1 is 1.00 bits per heavy atom. The third-order valence-electron chi connectivity index (χ3n) is 5.73. The van der Waals surface area contributed by atoms with Crippen LogP contribution in [0.2, 0.25) is 0 Å². The van der Waals surface area contributed by atoms with Crippen molar-refractivity contribution in [1.82, 2.24) is 9.96 Å². The maximum Gasteiger partial charge on any atom is 0.274 e. The molecular weight excluding hydrogens is 443 g/mol. The highest BCUT2D eigenvalue weighted by Crippen LogP contribution is 2.33. The monoisotopic (exact) mass is 474 g/mol. The van der Waals surface area contributed by atoms with Crippen molar-refractivity contribution in [2.75, 3.05) is 21.0 Å². The van der Waals surface area contributed by atoms with E-state index in [0.29, 0.717) is 22.8 Å². The lowest BCUT2D eigenvalue weighted by molar-refractivity contribution is -0.238. The van der Waals surface area contributed by atoms with Crippen LogP contribution in [0.1, 0.15) is 37.5 Å². The van der Waals surface area contributed by atoms with E-state index in [9.17, 15) is 19.1 Å². The number of benzene rings is 2. The number of aliphatic hydroxyl groups is 1. The summed E-state index contributed by atoms with van der Waals surface area (Å²) in [6.07, 6.45) is -0.898. The zero-order valence-electron chi connectivity index (χ0n) is 19.8. The molecular formula is C25H31FN2O6. The minimum absolute atomic E-state index is 0.119. The summed E-state index contributed by atoms with van der Waals surface area (Å²) in [6, 6.07) is 10.7. The number of amides is 2. The number of halogens is 1. The fourth-order valence-electron chi connectivity index (χ4n) is 4.07. The Hall–Kier alpha value is -2.85. The van der Waals surface area contributed by atoms with Gasteiger partial charge < -0.3 is 14.6 Å². The van der Waals surface area contributed by atoms with Crippen LogP contribution in [-0.4, -0.2) is 60.0 Å². The van der Waals surface area contributed by atoms with E-state index >= 15 is 0 Å². The van der Waals surface area contributed by atoms with Crippen LogP contribution in [0.3, 0.4) is 0 Å². The van der Waals surface area contributed by atoms with Crippen molar-refractivity contribution in [3.63, 3.8) is 0 Å². The van der Waals surface area contributed by atoms with Crippen molar-refractivity contribution in [3.05, 3.63) is 65.5 Å². The average Bonchev–Trinajstić information content (AvgIpc) is 2.82. The van der Waals surface area contributed by atoms with Gasteiger partial charge in [0.25, 0.3) is 11.8 Å². The summed E-state index contributed by atoms with van der Waals surface area (Å²) in [7, 11) is 2.95. The van der Waals surface area contributed by atoms with E-state index in [1.807, 2.05) is 26.0 Å². The first-order chi connectivity index (χ1) is 16.3. The zero-order chi connectivity index (χ0) is 24.8. The number of hydrogen-bond donors (Lipinski definition) is 1. The Morgan fingerprint density at radius 2 is 1.65 bits per heavy atom. The number of nitrogens with zero attached hydrogens (tertiary/aromatic N) is 2. The van der Waals surface area contributed by atoms with Gasteiger partial charge in [0.2, 0.25) is 0 Å². The van der Waals surface area contributed by atoms with Gasteiger partial charge in [0.05, 0.1) is 13.2 Å². The molecule has 0 saturated carbocycles. The van der Waals surface area contributed by atoms with E-state index in [0.717, 1.165) is 5.56 Å². The van der Waals surface area contributed by atoms with Crippen LogP contribution in [-0.2, 0) is 25.7 Å². The van der Waals surface area contributed by atoms with Gasteiger partial charge in [-0.05, 0) is 47.7 Å². The number of carbonyl (C=O) groups is 2. The Labute approximate surface area is 198 Å². The van der Waals surface area contributed by atoms with Crippen LogP contribution >= 0.6 is 0 Å². The van der Waals surface area contributed by atoms with Gasteiger partial charge in [-0.25, -0.2) is 9.23 Å². The topological polar surface area (TPSA) is 88.5 Å². The molecule has 2 aromatic carbocycles. The molecule has 9 heteroatoms. The second-order valence-corrected chi connectivity index (χ2v) is 8.61. The lowest BCUT2D eigenvalue weighted by atomic mass is 9.91. The normalized spacial score (nSPS) is 20.1. The van der Waals surface area contributed by atoms with Gasteiger partial charge in [-0.15, -0.1) is 5.06 Å². The Bertz CT molecular complexity index is 966. The molecule has 34 heavy (non-hydrogen) atoms. The van der Waals surface area contributed by atoms with Crippen LogP contribution in [0.4, 0.5) is 4.39 Å².